The molecular formula is C11H12ClFO4S. The minimum absolute atomic E-state index is 0.0333. The standard InChI is InChI=1S/C11H12ClFO4S/c12-18(14,15)9-1-2-11(10(13)7-9)17-8-3-5-16-6-4-8/h1-2,7-8H,3-6H2. The predicted molar refractivity (Wildman–Crippen MR) is 63.9 cm³/mol. The van der Waals surface area contributed by atoms with Gasteiger partial charge in [-0.15, -0.1) is 0 Å². The molecule has 0 aliphatic carbocycles. The largest absolute Gasteiger partial charge is 0.487 e. The highest BCUT2D eigenvalue weighted by Gasteiger charge is 2.19. The number of halogens is 2. The summed E-state index contributed by atoms with van der Waals surface area (Å²) in [6.45, 7) is 1.17. The molecule has 0 N–H and O–H groups in total. The highest BCUT2D eigenvalue weighted by molar-refractivity contribution is 8.13. The molecule has 0 unspecified atom stereocenters. The van der Waals surface area contributed by atoms with E-state index in [1.807, 2.05) is 0 Å². The van der Waals surface area contributed by atoms with E-state index < -0.39 is 14.9 Å². The zero-order chi connectivity index (χ0) is 13.2. The van der Waals surface area contributed by atoms with Crippen molar-refractivity contribution in [2.24, 2.45) is 0 Å². The molecule has 7 heteroatoms. The normalized spacial score (nSPS) is 17.7. The average Bonchev–Trinajstić information content (AvgIpc) is 2.32. The predicted octanol–water partition coefficient (Wildman–Crippen LogP) is 2.31. The molecule has 1 aromatic rings. The van der Waals surface area contributed by atoms with Crippen molar-refractivity contribution in [3.63, 3.8) is 0 Å². The van der Waals surface area contributed by atoms with Crippen LogP contribution in [0.4, 0.5) is 4.39 Å². The van der Waals surface area contributed by atoms with E-state index in [4.69, 9.17) is 20.2 Å². The van der Waals surface area contributed by atoms with Crippen LogP contribution >= 0.6 is 10.7 Å². The summed E-state index contributed by atoms with van der Waals surface area (Å²) in [5, 5.41) is 0. The molecule has 100 valence electrons. The first kappa shape index (κ1) is 13.6. The molecule has 1 aliphatic rings. The molecule has 1 aliphatic heterocycles. The Morgan fingerprint density at radius 3 is 2.56 bits per heavy atom. The van der Waals surface area contributed by atoms with Gasteiger partial charge in [0.15, 0.2) is 11.6 Å². The summed E-state index contributed by atoms with van der Waals surface area (Å²) in [7, 11) is 1.20. The lowest BCUT2D eigenvalue weighted by molar-refractivity contribution is 0.0240. The maximum Gasteiger partial charge on any atom is 0.261 e. The van der Waals surface area contributed by atoms with Gasteiger partial charge in [-0.1, -0.05) is 0 Å². The SMILES string of the molecule is O=S(=O)(Cl)c1ccc(OC2CCOCC2)c(F)c1. The minimum Gasteiger partial charge on any atom is -0.487 e. The van der Waals surface area contributed by atoms with Gasteiger partial charge in [0.05, 0.1) is 18.1 Å². The summed E-state index contributed by atoms with van der Waals surface area (Å²) in [6, 6.07) is 3.36. The van der Waals surface area contributed by atoms with E-state index in [0.717, 1.165) is 6.07 Å². The van der Waals surface area contributed by atoms with Crippen LogP contribution in [0.1, 0.15) is 12.8 Å². The Kier molecular flexibility index (Phi) is 4.09. The molecule has 0 saturated carbocycles. The molecule has 1 heterocycles. The first-order valence-electron chi connectivity index (χ1n) is 5.45. The van der Waals surface area contributed by atoms with Crippen LogP contribution in [-0.4, -0.2) is 27.7 Å². The maximum atomic E-state index is 13.7. The first-order valence-corrected chi connectivity index (χ1v) is 7.76. The zero-order valence-corrected chi connectivity index (χ0v) is 11.0. The van der Waals surface area contributed by atoms with Crippen molar-refractivity contribution in [1.29, 1.82) is 0 Å². The summed E-state index contributed by atoms with van der Waals surface area (Å²) in [5.74, 6) is -0.700. The summed E-state index contributed by atoms with van der Waals surface area (Å²) in [5.41, 5.74) is 0. The van der Waals surface area contributed by atoms with Gasteiger partial charge in [0.25, 0.3) is 9.05 Å². The van der Waals surface area contributed by atoms with Crippen LogP contribution in [0.5, 0.6) is 5.75 Å². The van der Waals surface area contributed by atoms with Gasteiger partial charge in [-0.2, -0.15) is 0 Å². The van der Waals surface area contributed by atoms with Crippen LogP contribution in [0.15, 0.2) is 23.1 Å². The molecule has 0 amide bonds. The number of benzene rings is 1. The molecule has 0 spiro atoms. The Hall–Kier alpha value is -0.850. The van der Waals surface area contributed by atoms with Crippen molar-refractivity contribution in [3.8, 4) is 5.75 Å². The molecule has 2 rings (SSSR count). The van der Waals surface area contributed by atoms with Gasteiger partial charge in [-0.05, 0) is 18.2 Å². The fraction of sp³-hybridized carbons (Fsp3) is 0.455. The number of ether oxygens (including phenoxy) is 2. The zero-order valence-electron chi connectivity index (χ0n) is 9.43. The lowest BCUT2D eigenvalue weighted by Crippen LogP contribution is -2.26. The van der Waals surface area contributed by atoms with E-state index in [2.05, 4.69) is 0 Å². The van der Waals surface area contributed by atoms with E-state index in [9.17, 15) is 12.8 Å². The minimum atomic E-state index is -3.92. The third kappa shape index (κ3) is 3.34. The van der Waals surface area contributed by atoms with Gasteiger partial charge >= 0.3 is 0 Å². The molecule has 1 aromatic carbocycles. The molecule has 0 aromatic heterocycles. The van der Waals surface area contributed by atoms with Crippen molar-refractivity contribution in [2.45, 2.75) is 23.8 Å². The van der Waals surface area contributed by atoms with Crippen molar-refractivity contribution in [2.75, 3.05) is 13.2 Å². The molecule has 1 fully saturated rings. The number of hydrogen-bond acceptors (Lipinski definition) is 4. The second-order valence-corrected chi connectivity index (χ2v) is 6.53. The molecular weight excluding hydrogens is 283 g/mol. The fourth-order valence-electron chi connectivity index (χ4n) is 1.70. The third-order valence-corrected chi connectivity index (χ3v) is 4.00. The molecule has 1 saturated heterocycles. The third-order valence-electron chi connectivity index (χ3n) is 2.65. The van der Waals surface area contributed by atoms with E-state index in [-0.39, 0.29) is 16.7 Å². The molecule has 4 nitrogen and oxygen atoms in total. The number of rotatable bonds is 3. The smallest absolute Gasteiger partial charge is 0.261 e. The first-order chi connectivity index (χ1) is 8.47. The summed E-state index contributed by atoms with van der Waals surface area (Å²) in [6.07, 6.45) is 1.27. The van der Waals surface area contributed by atoms with Crippen LogP contribution in [0.3, 0.4) is 0 Å². The molecule has 18 heavy (non-hydrogen) atoms. The Bertz CT molecular complexity index is 526. The lowest BCUT2D eigenvalue weighted by Gasteiger charge is -2.23. The van der Waals surface area contributed by atoms with Gasteiger partial charge in [0.1, 0.15) is 6.10 Å². The molecule has 0 radical (unpaired) electrons. The van der Waals surface area contributed by atoms with E-state index in [1.54, 1.807) is 0 Å². The van der Waals surface area contributed by atoms with E-state index in [1.165, 1.54) is 12.1 Å². The summed E-state index contributed by atoms with van der Waals surface area (Å²) in [4.78, 5) is -0.277. The van der Waals surface area contributed by atoms with Gasteiger partial charge in [0.2, 0.25) is 0 Å². The second-order valence-electron chi connectivity index (χ2n) is 3.96. The van der Waals surface area contributed by atoms with E-state index in [0.29, 0.717) is 26.1 Å². The molecule has 0 atom stereocenters. The Balaban J connectivity index is 2.14. The Labute approximate surface area is 109 Å². The van der Waals surface area contributed by atoms with Crippen LogP contribution in [-0.2, 0) is 13.8 Å². The maximum absolute atomic E-state index is 13.7. The van der Waals surface area contributed by atoms with Crippen molar-refractivity contribution in [3.05, 3.63) is 24.0 Å². The number of hydrogen-bond donors (Lipinski definition) is 0. The van der Waals surface area contributed by atoms with Crippen LogP contribution in [0, 0.1) is 5.82 Å². The second kappa shape index (κ2) is 5.42. The lowest BCUT2D eigenvalue weighted by atomic mass is 10.1. The quantitative estimate of drug-likeness (QED) is 0.803. The van der Waals surface area contributed by atoms with E-state index >= 15 is 0 Å². The molecule has 0 bridgehead atoms. The monoisotopic (exact) mass is 294 g/mol. The Morgan fingerprint density at radius 2 is 2.00 bits per heavy atom. The average molecular weight is 295 g/mol. The highest BCUT2D eigenvalue weighted by atomic mass is 35.7. The van der Waals surface area contributed by atoms with Gasteiger partial charge in [0, 0.05) is 23.5 Å². The van der Waals surface area contributed by atoms with Crippen LogP contribution < -0.4 is 4.74 Å². The Morgan fingerprint density at radius 1 is 1.33 bits per heavy atom. The topological polar surface area (TPSA) is 52.6 Å². The van der Waals surface area contributed by atoms with Crippen molar-refractivity contribution >= 4 is 19.7 Å². The van der Waals surface area contributed by atoms with Gasteiger partial charge in [-0.25, -0.2) is 12.8 Å². The fourth-order valence-corrected chi connectivity index (χ4v) is 2.46. The summed E-state index contributed by atoms with van der Waals surface area (Å²) >= 11 is 0. The summed E-state index contributed by atoms with van der Waals surface area (Å²) < 4.78 is 46.3. The van der Waals surface area contributed by atoms with Crippen LogP contribution in [0.2, 0.25) is 0 Å². The van der Waals surface area contributed by atoms with Crippen LogP contribution in [0.25, 0.3) is 0 Å². The van der Waals surface area contributed by atoms with Crippen molar-refractivity contribution < 1.29 is 22.3 Å². The van der Waals surface area contributed by atoms with Crippen molar-refractivity contribution in [1.82, 2.24) is 0 Å². The van der Waals surface area contributed by atoms with Gasteiger partial charge < -0.3 is 9.47 Å². The van der Waals surface area contributed by atoms with Gasteiger partial charge in [-0.3, -0.25) is 0 Å². The highest BCUT2D eigenvalue weighted by Crippen LogP contribution is 2.25.